The van der Waals surface area contributed by atoms with Crippen molar-refractivity contribution in [3.8, 4) is 0 Å². The molecule has 0 aliphatic carbocycles. The summed E-state index contributed by atoms with van der Waals surface area (Å²) in [4.78, 5) is 33.4. The summed E-state index contributed by atoms with van der Waals surface area (Å²) in [6.45, 7) is 2.97. The molecule has 7 nitrogen and oxygen atoms in total. The second-order valence-corrected chi connectivity index (χ2v) is 4.61. The molecule has 0 aliphatic heterocycles. The lowest BCUT2D eigenvalue weighted by atomic mass is 10.0. The van der Waals surface area contributed by atoms with Crippen molar-refractivity contribution in [1.29, 1.82) is 0 Å². The predicted molar refractivity (Wildman–Crippen MR) is 61.0 cm³/mol. The molecular weight excluding hydrogens is 262 g/mol. The van der Waals surface area contributed by atoms with Crippen molar-refractivity contribution >= 4 is 28.8 Å². The number of carbonyl (C=O) groups excluding carboxylic acids is 3. The van der Waals surface area contributed by atoms with Gasteiger partial charge in [0.05, 0.1) is 6.61 Å². The fraction of sp³-hybridized carbons (Fsp3) is 0.700. The van der Waals surface area contributed by atoms with Crippen LogP contribution in [0.2, 0.25) is 0 Å². The van der Waals surface area contributed by atoms with Crippen molar-refractivity contribution in [1.82, 2.24) is 0 Å². The van der Waals surface area contributed by atoms with E-state index in [0.29, 0.717) is 11.8 Å². The fourth-order valence-corrected chi connectivity index (χ4v) is 2.01. The summed E-state index contributed by atoms with van der Waals surface area (Å²) < 4.78 is 4.71. The monoisotopic (exact) mass is 279 g/mol. The number of thioether (sulfide) groups is 1. The Balaban J connectivity index is 4.62. The van der Waals surface area contributed by atoms with E-state index in [1.807, 2.05) is 0 Å². The van der Waals surface area contributed by atoms with Crippen LogP contribution in [-0.4, -0.2) is 46.7 Å². The average molecular weight is 279 g/mol. The first-order valence-electron chi connectivity index (χ1n) is 5.36. The van der Waals surface area contributed by atoms with E-state index in [1.165, 1.54) is 6.92 Å². The number of hydrogen-bond donors (Lipinski definition) is 2. The Morgan fingerprint density at radius 3 is 2.39 bits per heavy atom. The topological polar surface area (TPSA) is 131 Å². The number of hydrogen-bond acceptors (Lipinski definition) is 7. The molecule has 3 atom stereocenters. The molecule has 0 spiro atoms. The second kappa shape index (κ2) is 8.06. The molecule has 0 saturated heterocycles. The van der Waals surface area contributed by atoms with Gasteiger partial charge in [-0.1, -0.05) is 11.8 Å². The zero-order valence-electron chi connectivity index (χ0n) is 10.3. The third-order valence-corrected chi connectivity index (χ3v) is 3.28. The highest BCUT2D eigenvalue weighted by atomic mass is 32.2. The maximum absolute atomic E-state index is 11.5. The van der Waals surface area contributed by atoms with Crippen molar-refractivity contribution in [2.24, 2.45) is 5.92 Å². The fourth-order valence-electron chi connectivity index (χ4n) is 1.05. The van der Waals surface area contributed by atoms with Gasteiger partial charge in [0, 0.05) is 5.75 Å². The normalized spacial score (nSPS) is 15.6. The molecule has 18 heavy (non-hydrogen) atoms. The van der Waals surface area contributed by atoms with Crippen molar-refractivity contribution in [3.05, 3.63) is 0 Å². The van der Waals surface area contributed by atoms with Crippen LogP contribution in [0.25, 0.3) is 0 Å². The Labute approximate surface area is 109 Å². The third kappa shape index (κ3) is 5.48. The summed E-state index contributed by atoms with van der Waals surface area (Å²) in [7, 11) is 0. The van der Waals surface area contributed by atoms with Crippen molar-refractivity contribution in [2.45, 2.75) is 26.0 Å². The number of aliphatic hydroxyl groups excluding tert-OH is 1. The Morgan fingerprint density at radius 1 is 1.44 bits per heavy atom. The van der Waals surface area contributed by atoms with E-state index in [2.05, 4.69) is 5.73 Å². The quantitative estimate of drug-likeness (QED) is 0.480. The van der Waals surface area contributed by atoms with E-state index >= 15 is 0 Å². The smallest absolute Gasteiger partial charge is 0.316 e. The van der Waals surface area contributed by atoms with Crippen LogP contribution in [0.4, 0.5) is 0 Å². The lowest BCUT2D eigenvalue weighted by Crippen LogP contribution is -2.73. The first-order chi connectivity index (χ1) is 8.31. The van der Waals surface area contributed by atoms with E-state index < -0.39 is 35.1 Å². The van der Waals surface area contributed by atoms with E-state index in [1.54, 1.807) is 6.92 Å². The van der Waals surface area contributed by atoms with Crippen LogP contribution >= 0.6 is 11.8 Å². The van der Waals surface area contributed by atoms with Gasteiger partial charge in [0.25, 0.3) is 0 Å². The minimum Gasteiger partial charge on any atom is -0.544 e. The Bertz CT molecular complexity index is 319. The number of ether oxygens (including phenoxy) is 1. The lowest BCUT2D eigenvalue weighted by Gasteiger charge is -2.19. The number of quaternary nitrogens is 1. The summed E-state index contributed by atoms with van der Waals surface area (Å²) in [6, 6.07) is -1.31. The summed E-state index contributed by atoms with van der Waals surface area (Å²) in [5.74, 6) is -3.43. The zero-order chi connectivity index (χ0) is 14.3. The number of carbonyl (C=O) groups is 3. The van der Waals surface area contributed by atoms with Crippen LogP contribution in [0.3, 0.4) is 0 Å². The van der Waals surface area contributed by atoms with Crippen LogP contribution in [0.5, 0.6) is 0 Å². The molecule has 2 unspecified atom stereocenters. The van der Waals surface area contributed by atoms with Gasteiger partial charge in [0.2, 0.25) is 5.12 Å². The van der Waals surface area contributed by atoms with Crippen LogP contribution < -0.4 is 10.8 Å². The largest absolute Gasteiger partial charge is 0.544 e. The summed E-state index contributed by atoms with van der Waals surface area (Å²) in [6.07, 6.45) is -1.18. The van der Waals surface area contributed by atoms with Gasteiger partial charge in [0.15, 0.2) is 0 Å². The number of rotatable bonds is 7. The van der Waals surface area contributed by atoms with Gasteiger partial charge in [-0.2, -0.15) is 0 Å². The standard InChI is InChI=1S/C10H17NO6S/c1-3-17-9(15)6(7(11)8(13)14)4-18-10(16)5(2)12/h5-7,12H,3-4,11H2,1-2H3,(H,13,14)/t5-,6?,7?/m1/s1. The molecular formula is C10H17NO6S. The maximum Gasteiger partial charge on any atom is 0.316 e. The SMILES string of the molecule is CCOC(=O)C(CSC(=O)[C@@H](C)O)C([NH3+])C(=O)[O-]. The third-order valence-electron chi connectivity index (χ3n) is 2.12. The minimum atomic E-state index is -1.49. The van der Waals surface area contributed by atoms with Crippen LogP contribution in [0, 0.1) is 5.92 Å². The van der Waals surface area contributed by atoms with E-state index in [4.69, 9.17) is 9.84 Å². The summed E-state index contributed by atoms with van der Waals surface area (Å²) in [5.41, 5.74) is 3.31. The Morgan fingerprint density at radius 2 is 2.00 bits per heavy atom. The molecule has 0 saturated carbocycles. The first-order valence-corrected chi connectivity index (χ1v) is 6.35. The second-order valence-electron chi connectivity index (χ2n) is 3.59. The Hall–Kier alpha value is -1.12. The van der Waals surface area contributed by atoms with Gasteiger partial charge >= 0.3 is 5.97 Å². The minimum absolute atomic E-state index is 0.101. The van der Waals surface area contributed by atoms with Crippen LogP contribution in [0.1, 0.15) is 13.8 Å². The number of aliphatic carboxylic acids is 1. The van der Waals surface area contributed by atoms with Gasteiger partial charge in [0.1, 0.15) is 24.0 Å². The van der Waals surface area contributed by atoms with Gasteiger partial charge in [-0.05, 0) is 13.8 Å². The first kappa shape index (κ1) is 16.9. The Kier molecular flexibility index (Phi) is 7.56. The zero-order valence-corrected chi connectivity index (χ0v) is 11.1. The highest BCUT2D eigenvalue weighted by Crippen LogP contribution is 2.15. The van der Waals surface area contributed by atoms with E-state index in [0.717, 1.165) is 0 Å². The number of aliphatic hydroxyl groups is 1. The van der Waals surface area contributed by atoms with Crippen molar-refractivity contribution in [3.63, 3.8) is 0 Å². The molecule has 0 rings (SSSR count). The van der Waals surface area contributed by atoms with E-state index in [-0.39, 0.29) is 12.4 Å². The predicted octanol–water partition coefficient (Wildman–Crippen LogP) is -2.83. The molecule has 4 N–H and O–H groups in total. The molecule has 0 heterocycles. The lowest BCUT2D eigenvalue weighted by molar-refractivity contribution is -0.444. The highest BCUT2D eigenvalue weighted by molar-refractivity contribution is 8.13. The summed E-state index contributed by atoms with van der Waals surface area (Å²) in [5, 5.41) is 19.1. The molecule has 0 fully saturated rings. The van der Waals surface area contributed by atoms with E-state index in [9.17, 15) is 19.5 Å². The average Bonchev–Trinajstić information content (AvgIpc) is 2.28. The molecule has 0 bridgehead atoms. The number of carboxylic acid groups (broad SMARTS) is 1. The van der Waals surface area contributed by atoms with Crippen molar-refractivity contribution in [2.75, 3.05) is 12.4 Å². The van der Waals surface area contributed by atoms with Gasteiger partial charge in [-0.3, -0.25) is 9.59 Å². The number of esters is 1. The molecule has 8 heteroatoms. The van der Waals surface area contributed by atoms with Crippen LogP contribution in [-0.2, 0) is 19.1 Å². The molecule has 0 aromatic rings. The van der Waals surface area contributed by atoms with Crippen molar-refractivity contribution < 1.29 is 35.1 Å². The molecule has 0 amide bonds. The van der Waals surface area contributed by atoms with Gasteiger partial charge < -0.3 is 25.5 Å². The molecule has 104 valence electrons. The van der Waals surface area contributed by atoms with Gasteiger partial charge in [-0.15, -0.1) is 0 Å². The molecule has 0 radical (unpaired) electrons. The maximum atomic E-state index is 11.5. The highest BCUT2D eigenvalue weighted by Gasteiger charge is 2.32. The van der Waals surface area contributed by atoms with Gasteiger partial charge in [-0.25, -0.2) is 0 Å². The molecule has 0 aromatic carbocycles. The molecule has 0 aromatic heterocycles. The molecule has 0 aliphatic rings. The van der Waals surface area contributed by atoms with Crippen LogP contribution in [0.15, 0.2) is 0 Å². The number of carboxylic acids is 1. The summed E-state index contributed by atoms with van der Waals surface area (Å²) >= 11 is 0.672.